The predicted octanol–water partition coefficient (Wildman–Crippen LogP) is 6.29. The highest BCUT2D eigenvalue weighted by atomic mass is 32.1. The van der Waals surface area contributed by atoms with Crippen LogP contribution in [0.15, 0.2) is 91.4 Å². The molecule has 5 nitrogen and oxygen atoms in total. The van der Waals surface area contributed by atoms with Crippen molar-refractivity contribution in [3.63, 3.8) is 0 Å². The van der Waals surface area contributed by atoms with E-state index in [4.69, 9.17) is 4.74 Å². The first kappa shape index (κ1) is 17.3. The lowest BCUT2D eigenvalue weighted by molar-refractivity contribution is 0.463. The lowest BCUT2D eigenvalue weighted by atomic mass is 10.2. The summed E-state index contributed by atoms with van der Waals surface area (Å²) >= 11 is 1.68. The van der Waals surface area contributed by atoms with E-state index in [1.165, 1.54) is 10.4 Å². The highest BCUT2D eigenvalue weighted by Gasteiger charge is 2.10. The Balaban J connectivity index is 1.39. The van der Waals surface area contributed by atoms with Gasteiger partial charge in [0.25, 0.3) is 0 Å². The smallest absolute Gasteiger partial charge is 0.219 e. The summed E-state index contributed by atoms with van der Waals surface area (Å²) in [7, 11) is 0. The van der Waals surface area contributed by atoms with E-state index in [1.54, 1.807) is 23.9 Å². The Morgan fingerprint density at radius 1 is 0.793 bits per heavy atom. The summed E-state index contributed by atoms with van der Waals surface area (Å²) < 4.78 is 6.77. The molecule has 0 unspecified atom stereocenters. The van der Waals surface area contributed by atoms with Gasteiger partial charge in [-0.1, -0.05) is 36.4 Å². The Labute approximate surface area is 171 Å². The molecule has 0 aliphatic rings. The molecule has 0 bridgehead atoms. The molecular formula is C23H16N4OS. The molecule has 0 aliphatic carbocycles. The van der Waals surface area contributed by atoms with E-state index in [9.17, 15) is 0 Å². The molecule has 0 fully saturated rings. The molecule has 0 aliphatic heterocycles. The van der Waals surface area contributed by atoms with E-state index >= 15 is 0 Å². The zero-order valence-corrected chi connectivity index (χ0v) is 16.1. The van der Waals surface area contributed by atoms with Crippen molar-refractivity contribution in [3.05, 3.63) is 91.4 Å². The third kappa shape index (κ3) is 3.79. The van der Waals surface area contributed by atoms with Gasteiger partial charge in [-0.25, -0.2) is 15.0 Å². The molecule has 5 aromatic rings. The molecule has 1 N–H and O–H groups in total. The highest BCUT2D eigenvalue weighted by Crippen LogP contribution is 2.36. The third-order valence-electron chi connectivity index (χ3n) is 4.35. The van der Waals surface area contributed by atoms with Crippen LogP contribution in [0.25, 0.3) is 20.7 Å². The summed E-state index contributed by atoms with van der Waals surface area (Å²) in [6.45, 7) is 0. The van der Waals surface area contributed by atoms with Gasteiger partial charge >= 0.3 is 0 Å². The van der Waals surface area contributed by atoms with E-state index < -0.39 is 0 Å². The number of anilines is 2. The van der Waals surface area contributed by atoms with Crippen LogP contribution in [-0.2, 0) is 0 Å². The van der Waals surface area contributed by atoms with E-state index in [1.807, 2.05) is 60.7 Å². The number of fused-ring (bicyclic) bond motifs is 1. The molecule has 0 saturated heterocycles. The van der Waals surface area contributed by atoms with Crippen LogP contribution in [-0.4, -0.2) is 15.0 Å². The summed E-state index contributed by atoms with van der Waals surface area (Å²) in [6.07, 6.45) is 3.29. The lowest BCUT2D eigenvalue weighted by Crippen LogP contribution is -1.94. The minimum absolute atomic E-state index is 0.567. The molecule has 3 aromatic heterocycles. The number of thiophene rings is 1. The molecule has 2 aromatic carbocycles. The van der Waals surface area contributed by atoms with Gasteiger partial charge in [-0.05, 0) is 42.0 Å². The first-order chi connectivity index (χ1) is 14.3. The molecule has 29 heavy (non-hydrogen) atoms. The van der Waals surface area contributed by atoms with Gasteiger partial charge in [0.1, 0.15) is 12.1 Å². The molecule has 3 heterocycles. The van der Waals surface area contributed by atoms with Crippen LogP contribution in [0.1, 0.15) is 0 Å². The largest absolute Gasteiger partial charge is 0.439 e. The average Bonchev–Trinajstić information content (AvgIpc) is 3.22. The standard InChI is InChI=1S/C23H16N4OS/c1-2-6-16(7-3-1)20-14-19-22(29-20)23(26-15-25-19)27-17-9-11-18(12-10-17)28-21-8-4-5-13-24-21/h1-15H,(H,25,26,27). The minimum Gasteiger partial charge on any atom is -0.439 e. The second-order valence-electron chi connectivity index (χ2n) is 6.33. The minimum atomic E-state index is 0.567. The van der Waals surface area contributed by atoms with Crippen LogP contribution in [0, 0.1) is 0 Å². The van der Waals surface area contributed by atoms with Gasteiger partial charge in [-0.3, -0.25) is 0 Å². The van der Waals surface area contributed by atoms with Gasteiger partial charge in [0.05, 0.1) is 10.2 Å². The van der Waals surface area contributed by atoms with Crippen LogP contribution >= 0.6 is 11.3 Å². The summed E-state index contributed by atoms with van der Waals surface area (Å²) in [5.74, 6) is 2.09. The first-order valence-electron chi connectivity index (χ1n) is 9.11. The van der Waals surface area contributed by atoms with Crippen LogP contribution in [0.4, 0.5) is 11.5 Å². The molecular weight excluding hydrogens is 380 g/mol. The number of rotatable bonds is 5. The van der Waals surface area contributed by atoms with Crippen molar-refractivity contribution in [1.29, 1.82) is 0 Å². The number of nitrogens with one attached hydrogen (secondary N) is 1. The number of aromatic nitrogens is 3. The van der Waals surface area contributed by atoms with Gasteiger partial charge in [0, 0.05) is 22.8 Å². The third-order valence-corrected chi connectivity index (χ3v) is 5.53. The van der Waals surface area contributed by atoms with E-state index in [-0.39, 0.29) is 0 Å². The van der Waals surface area contributed by atoms with Crippen molar-refractivity contribution in [2.45, 2.75) is 0 Å². The van der Waals surface area contributed by atoms with Gasteiger partial charge in [0.2, 0.25) is 5.88 Å². The average molecular weight is 396 g/mol. The maximum absolute atomic E-state index is 5.74. The Bertz CT molecular complexity index is 1240. The van der Waals surface area contributed by atoms with Crippen LogP contribution in [0.2, 0.25) is 0 Å². The fourth-order valence-corrected chi connectivity index (χ4v) is 4.02. The van der Waals surface area contributed by atoms with Crippen molar-refractivity contribution >= 4 is 33.1 Å². The van der Waals surface area contributed by atoms with E-state index in [0.717, 1.165) is 27.5 Å². The van der Waals surface area contributed by atoms with Crippen molar-refractivity contribution in [2.24, 2.45) is 0 Å². The molecule has 0 spiro atoms. The normalized spacial score (nSPS) is 10.8. The summed E-state index contributed by atoms with van der Waals surface area (Å²) in [5, 5.41) is 3.39. The predicted molar refractivity (Wildman–Crippen MR) is 117 cm³/mol. The number of nitrogens with zero attached hydrogens (tertiary/aromatic N) is 3. The van der Waals surface area contributed by atoms with Crippen molar-refractivity contribution < 1.29 is 4.74 Å². The van der Waals surface area contributed by atoms with Crippen molar-refractivity contribution in [3.8, 4) is 22.1 Å². The van der Waals surface area contributed by atoms with Gasteiger partial charge < -0.3 is 10.1 Å². The van der Waals surface area contributed by atoms with E-state index in [0.29, 0.717) is 5.88 Å². The van der Waals surface area contributed by atoms with E-state index in [2.05, 4.69) is 38.5 Å². The van der Waals surface area contributed by atoms with Crippen molar-refractivity contribution in [1.82, 2.24) is 15.0 Å². The molecule has 0 amide bonds. The monoisotopic (exact) mass is 396 g/mol. The molecule has 6 heteroatoms. The second-order valence-corrected chi connectivity index (χ2v) is 7.38. The molecule has 0 radical (unpaired) electrons. The Hall–Kier alpha value is -3.77. The molecule has 5 rings (SSSR count). The lowest BCUT2D eigenvalue weighted by Gasteiger charge is -2.08. The second kappa shape index (κ2) is 7.69. The number of hydrogen-bond acceptors (Lipinski definition) is 6. The van der Waals surface area contributed by atoms with Gasteiger partial charge in [-0.15, -0.1) is 11.3 Å². The Morgan fingerprint density at radius 3 is 2.41 bits per heavy atom. The number of ether oxygens (including phenoxy) is 1. The fraction of sp³-hybridized carbons (Fsp3) is 0. The topological polar surface area (TPSA) is 59.9 Å². The SMILES string of the molecule is c1ccc(-c2cc3ncnc(Nc4ccc(Oc5ccccn5)cc4)c3s2)cc1. The van der Waals surface area contributed by atoms with Crippen molar-refractivity contribution in [2.75, 3.05) is 5.32 Å². The molecule has 0 saturated carbocycles. The number of benzene rings is 2. The van der Waals surface area contributed by atoms with Gasteiger partial charge in [0.15, 0.2) is 5.82 Å². The number of hydrogen-bond donors (Lipinski definition) is 1. The first-order valence-corrected chi connectivity index (χ1v) is 9.93. The summed E-state index contributed by atoms with van der Waals surface area (Å²) in [6, 6.07) is 25.7. The Kier molecular flexibility index (Phi) is 4.60. The van der Waals surface area contributed by atoms with Crippen LogP contribution in [0.5, 0.6) is 11.6 Å². The molecule has 0 atom stereocenters. The molecule has 140 valence electrons. The van der Waals surface area contributed by atoms with Gasteiger partial charge in [-0.2, -0.15) is 0 Å². The highest BCUT2D eigenvalue weighted by molar-refractivity contribution is 7.22. The summed E-state index contributed by atoms with van der Waals surface area (Å²) in [4.78, 5) is 14.2. The van der Waals surface area contributed by atoms with Crippen LogP contribution in [0.3, 0.4) is 0 Å². The fourth-order valence-electron chi connectivity index (χ4n) is 2.96. The Morgan fingerprint density at radius 2 is 1.62 bits per heavy atom. The maximum atomic E-state index is 5.74. The van der Waals surface area contributed by atoms with Crippen LogP contribution < -0.4 is 10.1 Å². The zero-order chi connectivity index (χ0) is 19.5. The number of pyridine rings is 1. The zero-order valence-electron chi connectivity index (χ0n) is 15.3. The quantitative estimate of drug-likeness (QED) is 0.378. The summed E-state index contributed by atoms with van der Waals surface area (Å²) in [5.41, 5.74) is 3.03. The maximum Gasteiger partial charge on any atom is 0.219 e.